The molecule has 3 aromatic rings. The number of hydrogen-bond donors (Lipinski definition) is 0. The zero-order valence-corrected chi connectivity index (χ0v) is 14.5. The molecule has 1 aromatic heterocycles. The van der Waals surface area contributed by atoms with Crippen LogP contribution in [0.1, 0.15) is 5.82 Å². The van der Waals surface area contributed by atoms with Crippen LogP contribution in [0.5, 0.6) is 0 Å². The van der Waals surface area contributed by atoms with Crippen molar-refractivity contribution in [2.45, 2.75) is 6.42 Å². The zero-order chi connectivity index (χ0) is 15.0. The molecule has 0 saturated carbocycles. The second-order valence-electron chi connectivity index (χ2n) is 4.51. The van der Waals surface area contributed by atoms with Crippen molar-refractivity contribution in [3.8, 4) is 5.69 Å². The number of aromatic nitrogens is 2. The summed E-state index contributed by atoms with van der Waals surface area (Å²) in [6.45, 7) is 0. The average Bonchev–Trinajstić information content (AvgIpc) is 2.78. The molecular weight excluding hydrogens is 425 g/mol. The molecular formula is C15H10Cl2FIN2. The molecule has 6 heteroatoms. The average molecular weight is 435 g/mol. The molecule has 0 bridgehead atoms. The summed E-state index contributed by atoms with van der Waals surface area (Å²) in [4.78, 5) is 4.57. The van der Waals surface area contributed by atoms with Gasteiger partial charge in [0.15, 0.2) is 0 Å². The van der Waals surface area contributed by atoms with E-state index in [0.29, 0.717) is 26.4 Å². The number of rotatable bonds is 3. The predicted octanol–water partition coefficient (Wildman–Crippen LogP) is 5.20. The lowest BCUT2D eigenvalue weighted by Crippen LogP contribution is -2.03. The van der Waals surface area contributed by atoms with Gasteiger partial charge in [-0.05, 0) is 40.8 Å². The summed E-state index contributed by atoms with van der Waals surface area (Å²) in [5.41, 5.74) is 2.21. The van der Waals surface area contributed by atoms with Gasteiger partial charge in [0, 0.05) is 18.4 Å². The Balaban J connectivity index is 2.35. The summed E-state index contributed by atoms with van der Waals surface area (Å²) in [7, 11) is 0. The van der Waals surface area contributed by atoms with E-state index in [2.05, 4.69) is 4.98 Å². The molecule has 0 atom stereocenters. The number of imidazole rings is 1. The Kier molecular flexibility index (Phi) is 4.38. The fraction of sp³-hybridized carbons (Fsp3) is 0.133. The van der Waals surface area contributed by atoms with Crippen molar-refractivity contribution >= 4 is 56.8 Å². The van der Waals surface area contributed by atoms with Crippen LogP contribution in [0, 0.1) is 9.39 Å². The van der Waals surface area contributed by atoms with E-state index in [9.17, 15) is 4.39 Å². The summed E-state index contributed by atoms with van der Waals surface area (Å²) < 4.78 is 16.3. The maximum atomic E-state index is 13.9. The van der Waals surface area contributed by atoms with Gasteiger partial charge in [-0.25, -0.2) is 9.37 Å². The lowest BCUT2D eigenvalue weighted by Gasteiger charge is -2.10. The minimum Gasteiger partial charge on any atom is -0.295 e. The van der Waals surface area contributed by atoms with E-state index in [-0.39, 0.29) is 5.82 Å². The van der Waals surface area contributed by atoms with E-state index < -0.39 is 0 Å². The summed E-state index contributed by atoms with van der Waals surface area (Å²) in [5, 5.41) is 0.589. The summed E-state index contributed by atoms with van der Waals surface area (Å²) in [6, 6.07) is 10.7. The molecule has 0 N–H and O–H groups in total. The number of fused-ring (bicyclic) bond motifs is 1. The third-order valence-electron chi connectivity index (χ3n) is 3.18. The van der Waals surface area contributed by atoms with Gasteiger partial charge in [0.2, 0.25) is 0 Å². The molecule has 0 spiro atoms. The number of alkyl halides is 1. The van der Waals surface area contributed by atoms with Gasteiger partial charge in [0.1, 0.15) is 11.6 Å². The van der Waals surface area contributed by atoms with Gasteiger partial charge in [-0.1, -0.05) is 23.7 Å². The number of halogens is 4. The second kappa shape index (κ2) is 6.10. The molecule has 0 radical (unpaired) electrons. The van der Waals surface area contributed by atoms with Gasteiger partial charge >= 0.3 is 0 Å². The third kappa shape index (κ3) is 2.76. The first-order chi connectivity index (χ1) is 10.1. The highest BCUT2D eigenvalue weighted by Gasteiger charge is 2.16. The molecule has 108 valence electrons. The Hall–Kier alpha value is -0.850. The number of benzene rings is 2. The quantitative estimate of drug-likeness (QED) is 0.409. The molecule has 2 aromatic carbocycles. The van der Waals surface area contributed by atoms with E-state index >= 15 is 0 Å². The highest BCUT2D eigenvalue weighted by Crippen LogP contribution is 2.29. The van der Waals surface area contributed by atoms with Crippen molar-refractivity contribution in [1.82, 2.24) is 9.55 Å². The van der Waals surface area contributed by atoms with Crippen molar-refractivity contribution in [2.75, 3.05) is 5.88 Å². The third-order valence-corrected chi connectivity index (χ3v) is 4.51. The van der Waals surface area contributed by atoms with Gasteiger partial charge in [0.25, 0.3) is 0 Å². The van der Waals surface area contributed by atoms with E-state index in [1.165, 1.54) is 6.07 Å². The molecule has 0 saturated heterocycles. The van der Waals surface area contributed by atoms with Crippen LogP contribution in [-0.4, -0.2) is 15.4 Å². The van der Waals surface area contributed by atoms with Crippen molar-refractivity contribution in [2.24, 2.45) is 0 Å². The predicted molar refractivity (Wildman–Crippen MR) is 93.2 cm³/mol. The van der Waals surface area contributed by atoms with E-state index in [1.54, 1.807) is 12.1 Å². The Morgan fingerprint density at radius 3 is 2.71 bits per heavy atom. The Morgan fingerprint density at radius 2 is 2.00 bits per heavy atom. The van der Waals surface area contributed by atoms with E-state index in [1.807, 2.05) is 45.4 Å². The Morgan fingerprint density at radius 1 is 1.24 bits per heavy atom. The van der Waals surface area contributed by atoms with E-state index in [0.717, 1.165) is 17.0 Å². The van der Waals surface area contributed by atoms with Crippen LogP contribution >= 0.6 is 45.8 Å². The number of hydrogen-bond acceptors (Lipinski definition) is 1. The number of aryl methyl sites for hydroxylation is 1. The molecule has 0 amide bonds. The highest BCUT2D eigenvalue weighted by atomic mass is 127. The summed E-state index contributed by atoms with van der Waals surface area (Å²) >= 11 is 14.1. The lowest BCUT2D eigenvalue weighted by molar-refractivity contribution is 0.621. The Labute approximate surface area is 145 Å². The summed E-state index contributed by atoms with van der Waals surface area (Å²) in [5.74, 6) is 0.941. The van der Waals surface area contributed by atoms with Crippen LogP contribution in [0.25, 0.3) is 16.7 Å². The van der Waals surface area contributed by atoms with Crippen LogP contribution in [0.2, 0.25) is 5.02 Å². The largest absolute Gasteiger partial charge is 0.295 e. The van der Waals surface area contributed by atoms with Gasteiger partial charge in [-0.3, -0.25) is 4.57 Å². The maximum absolute atomic E-state index is 13.9. The zero-order valence-electron chi connectivity index (χ0n) is 10.8. The van der Waals surface area contributed by atoms with Crippen molar-refractivity contribution in [3.05, 3.63) is 56.6 Å². The normalized spacial score (nSPS) is 11.2. The maximum Gasteiger partial charge on any atom is 0.138 e. The van der Waals surface area contributed by atoms with Gasteiger partial charge < -0.3 is 0 Å². The van der Waals surface area contributed by atoms with Gasteiger partial charge in [-0.2, -0.15) is 0 Å². The van der Waals surface area contributed by atoms with Crippen molar-refractivity contribution in [1.29, 1.82) is 0 Å². The standard InChI is InChI=1S/C15H10Cl2FIN2/c16-6-5-15-20-12-8-11(19)10(18)7-14(12)21(15)13-4-2-1-3-9(13)17/h1-4,7-8H,5-6H2. The minimum atomic E-state index is -0.270. The number of nitrogens with zero attached hydrogens (tertiary/aromatic N) is 2. The summed E-state index contributed by atoms with van der Waals surface area (Å²) in [6.07, 6.45) is 0.583. The topological polar surface area (TPSA) is 17.8 Å². The van der Waals surface area contributed by atoms with E-state index in [4.69, 9.17) is 23.2 Å². The second-order valence-corrected chi connectivity index (χ2v) is 6.46. The van der Waals surface area contributed by atoms with Gasteiger partial charge in [0.05, 0.1) is 25.3 Å². The molecule has 0 fully saturated rings. The molecule has 3 rings (SSSR count). The van der Waals surface area contributed by atoms with Crippen LogP contribution < -0.4 is 0 Å². The van der Waals surface area contributed by atoms with Crippen molar-refractivity contribution < 1.29 is 4.39 Å². The first kappa shape index (κ1) is 15.1. The first-order valence-electron chi connectivity index (χ1n) is 6.29. The van der Waals surface area contributed by atoms with Crippen LogP contribution in [-0.2, 0) is 6.42 Å². The molecule has 1 heterocycles. The van der Waals surface area contributed by atoms with Crippen LogP contribution in [0.3, 0.4) is 0 Å². The molecule has 0 unspecified atom stereocenters. The smallest absolute Gasteiger partial charge is 0.138 e. The molecule has 0 aliphatic heterocycles. The fourth-order valence-corrected chi connectivity index (χ4v) is 3.12. The monoisotopic (exact) mass is 434 g/mol. The Bertz CT molecular complexity index is 817. The molecule has 0 aliphatic rings. The van der Waals surface area contributed by atoms with Crippen LogP contribution in [0.4, 0.5) is 4.39 Å². The fourth-order valence-electron chi connectivity index (χ4n) is 2.28. The molecule has 0 aliphatic carbocycles. The molecule has 2 nitrogen and oxygen atoms in total. The highest BCUT2D eigenvalue weighted by molar-refractivity contribution is 14.1. The van der Waals surface area contributed by atoms with Crippen LogP contribution in [0.15, 0.2) is 36.4 Å². The minimum absolute atomic E-state index is 0.270. The lowest BCUT2D eigenvalue weighted by atomic mass is 10.2. The SMILES string of the molecule is Fc1cc2c(cc1I)nc(CCCl)n2-c1ccccc1Cl. The first-order valence-corrected chi connectivity index (χ1v) is 8.28. The number of para-hydroxylation sites is 1. The molecule has 21 heavy (non-hydrogen) atoms. The van der Waals surface area contributed by atoms with Gasteiger partial charge in [-0.15, -0.1) is 11.6 Å². The van der Waals surface area contributed by atoms with Crippen molar-refractivity contribution in [3.63, 3.8) is 0 Å².